The fourth-order valence-electron chi connectivity index (χ4n) is 0.852. The van der Waals surface area contributed by atoms with Crippen molar-refractivity contribution in [2.24, 2.45) is 0 Å². The fourth-order valence-corrected chi connectivity index (χ4v) is 0.852. The fraction of sp³-hybridized carbons (Fsp3) is 0. The summed E-state index contributed by atoms with van der Waals surface area (Å²) in [5.74, 6) is -1.65. The Morgan fingerprint density at radius 2 is 1.93 bits per heavy atom. The molecule has 0 aliphatic heterocycles. The number of amides is 2. The molecule has 2 N–H and O–H groups in total. The van der Waals surface area contributed by atoms with E-state index in [0.717, 1.165) is 12.1 Å². The second-order valence-electron chi connectivity index (χ2n) is 2.41. The predicted octanol–water partition coefficient (Wildman–Crippen LogP) is 1.50. The van der Waals surface area contributed by atoms with Crippen molar-refractivity contribution in [3.8, 4) is 6.26 Å². The molecular formula is C8H5F2N3O2. The Labute approximate surface area is 83.2 Å². The molecule has 1 aromatic carbocycles. The number of carbonyl (C=O) groups excluding carboxylic acids is 1. The van der Waals surface area contributed by atoms with Gasteiger partial charge in [-0.05, 0) is 12.1 Å². The number of carbonyl (C=O) groups is 1. The van der Waals surface area contributed by atoms with Crippen LogP contribution in [-0.4, -0.2) is 6.03 Å². The molecule has 0 bridgehead atoms. The van der Waals surface area contributed by atoms with E-state index in [2.05, 4.69) is 10.2 Å². The van der Waals surface area contributed by atoms with Crippen molar-refractivity contribution in [1.29, 1.82) is 5.26 Å². The second-order valence-corrected chi connectivity index (χ2v) is 2.41. The number of nitrogens with zero attached hydrogens (tertiary/aromatic N) is 1. The molecule has 1 aromatic rings. The third-order valence-corrected chi connectivity index (χ3v) is 1.31. The minimum Gasteiger partial charge on any atom is -0.305 e. The van der Waals surface area contributed by atoms with E-state index < -0.39 is 17.7 Å². The number of benzene rings is 1. The maximum atomic E-state index is 12.6. The molecule has 0 atom stereocenters. The van der Waals surface area contributed by atoms with E-state index in [4.69, 9.17) is 5.26 Å². The van der Waals surface area contributed by atoms with Crippen LogP contribution in [0.3, 0.4) is 0 Å². The summed E-state index contributed by atoms with van der Waals surface area (Å²) in [6.45, 7) is 0. The van der Waals surface area contributed by atoms with Gasteiger partial charge in [-0.3, -0.25) is 4.84 Å². The van der Waals surface area contributed by atoms with Crippen LogP contribution in [0.15, 0.2) is 18.2 Å². The van der Waals surface area contributed by atoms with Crippen molar-refractivity contribution in [3.63, 3.8) is 0 Å². The predicted molar refractivity (Wildman–Crippen MR) is 45.2 cm³/mol. The molecule has 0 unspecified atom stereocenters. The van der Waals surface area contributed by atoms with Crippen molar-refractivity contribution in [2.75, 3.05) is 5.32 Å². The summed E-state index contributed by atoms with van der Waals surface area (Å²) in [6.07, 6.45) is 1.19. The Morgan fingerprint density at radius 3 is 2.47 bits per heavy atom. The van der Waals surface area contributed by atoms with E-state index in [-0.39, 0.29) is 5.69 Å². The molecule has 2 amide bonds. The summed E-state index contributed by atoms with van der Waals surface area (Å²) in [6, 6.07) is 1.57. The van der Waals surface area contributed by atoms with Gasteiger partial charge >= 0.3 is 12.3 Å². The number of halogens is 2. The first kappa shape index (κ1) is 10.7. The van der Waals surface area contributed by atoms with Gasteiger partial charge in [-0.1, -0.05) is 0 Å². The average molecular weight is 213 g/mol. The minimum absolute atomic E-state index is 0.0912. The molecule has 0 aliphatic rings. The molecule has 0 saturated carbocycles. The Bertz CT molecular complexity index is 397. The molecule has 0 aliphatic carbocycles. The van der Waals surface area contributed by atoms with Gasteiger partial charge < -0.3 is 5.32 Å². The number of urea groups is 1. The van der Waals surface area contributed by atoms with E-state index in [1.54, 1.807) is 5.48 Å². The highest BCUT2D eigenvalue weighted by molar-refractivity contribution is 5.88. The monoisotopic (exact) mass is 213 g/mol. The topological polar surface area (TPSA) is 74.1 Å². The quantitative estimate of drug-likeness (QED) is 0.577. The highest BCUT2D eigenvalue weighted by Gasteiger charge is 2.04. The van der Waals surface area contributed by atoms with Gasteiger partial charge in [0.2, 0.25) is 0 Å². The maximum Gasteiger partial charge on any atom is 0.353 e. The summed E-state index contributed by atoms with van der Waals surface area (Å²) in [7, 11) is 0. The molecule has 0 saturated heterocycles. The number of rotatable bonds is 2. The van der Waals surface area contributed by atoms with E-state index in [9.17, 15) is 13.6 Å². The van der Waals surface area contributed by atoms with Gasteiger partial charge in [0, 0.05) is 11.8 Å². The molecule has 5 nitrogen and oxygen atoms in total. The minimum atomic E-state index is -0.915. The van der Waals surface area contributed by atoms with Gasteiger partial charge in [0.05, 0.1) is 0 Å². The molecular weight excluding hydrogens is 208 g/mol. The van der Waals surface area contributed by atoms with Crippen LogP contribution < -0.4 is 10.8 Å². The number of hydrogen-bond acceptors (Lipinski definition) is 3. The lowest BCUT2D eigenvalue weighted by molar-refractivity contribution is 0.162. The summed E-state index contributed by atoms with van der Waals surface area (Å²) in [4.78, 5) is 14.7. The molecule has 0 aromatic heterocycles. The first-order valence-electron chi connectivity index (χ1n) is 3.70. The number of hydrogen-bond donors (Lipinski definition) is 2. The molecule has 7 heteroatoms. The molecule has 1 rings (SSSR count). The summed E-state index contributed by atoms with van der Waals surface area (Å²) >= 11 is 0. The lowest BCUT2D eigenvalue weighted by Gasteiger charge is -2.04. The maximum absolute atomic E-state index is 12.6. The lowest BCUT2D eigenvalue weighted by Crippen LogP contribution is -2.27. The van der Waals surface area contributed by atoms with Crippen molar-refractivity contribution in [2.45, 2.75) is 0 Å². The zero-order chi connectivity index (χ0) is 11.3. The van der Waals surface area contributed by atoms with Crippen molar-refractivity contribution < 1.29 is 18.4 Å². The third kappa shape index (κ3) is 3.48. The van der Waals surface area contributed by atoms with Gasteiger partial charge in [0.25, 0.3) is 0 Å². The number of hydroxylamine groups is 1. The molecule has 78 valence electrons. The largest absolute Gasteiger partial charge is 0.353 e. The number of nitriles is 1. The van der Waals surface area contributed by atoms with Crippen molar-refractivity contribution in [3.05, 3.63) is 29.8 Å². The molecule has 0 radical (unpaired) electrons. The van der Waals surface area contributed by atoms with Crippen LogP contribution in [0.25, 0.3) is 0 Å². The van der Waals surface area contributed by atoms with Gasteiger partial charge in [-0.2, -0.15) is 5.48 Å². The van der Waals surface area contributed by atoms with Gasteiger partial charge in [0.15, 0.2) is 0 Å². The van der Waals surface area contributed by atoms with Crippen LogP contribution in [0.5, 0.6) is 0 Å². The van der Waals surface area contributed by atoms with Crippen molar-refractivity contribution >= 4 is 11.7 Å². The van der Waals surface area contributed by atoms with Crippen LogP contribution in [0.4, 0.5) is 19.3 Å². The second kappa shape index (κ2) is 4.76. The van der Waals surface area contributed by atoms with Gasteiger partial charge in [-0.25, -0.2) is 13.6 Å². The summed E-state index contributed by atoms with van der Waals surface area (Å²) < 4.78 is 25.3. The van der Waals surface area contributed by atoms with Gasteiger partial charge in [-0.15, -0.1) is 5.26 Å². The van der Waals surface area contributed by atoms with E-state index >= 15 is 0 Å². The van der Waals surface area contributed by atoms with Crippen LogP contribution in [0.1, 0.15) is 0 Å². The van der Waals surface area contributed by atoms with Crippen LogP contribution in [0.2, 0.25) is 0 Å². The number of anilines is 1. The normalized spacial score (nSPS) is 8.87. The zero-order valence-corrected chi connectivity index (χ0v) is 7.25. The van der Waals surface area contributed by atoms with E-state index in [0.29, 0.717) is 6.07 Å². The van der Waals surface area contributed by atoms with E-state index in [1.807, 2.05) is 0 Å². The molecule has 0 heterocycles. The smallest absolute Gasteiger partial charge is 0.305 e. The van der Waals surface area contributed by atoms with Crippen LogP contribution in [-0.2, 0) is 4.84 Å². The standard InChI is InChI=1S/C8H5F2N3O2/c9-5-1-6(10)3-7(2-5)12-8(14)13-15-4-11/h1-3H,(H2,12,13,14). The van der Waals surface area contributed by atoms with Crippen LogP contribution in [0, 0.1) is 23.2 Å². The molecule has 15 heavy (non-hydrogen) atoms. The molecule has 0 spiro atoms. The first-order chi connectivity index (χ1) is 7.11. The van der Waals surface area contributed by atoms with Crippen LogP contribution >= 0.6 is 0 Å². The number of nitrogens with one attached hydrogen (secondary N) is 2. The third-order valence-electron chi connectivity index (χ3n) is 1.31. The highest BCUT2D eigenvalue weighted by atomic mass is 19.1. The summed E-state index contributed by atoms with van der Waals surface area (Å²) in [5, 5.41) is 9.99. The summed E-state index contributed by atoms with van der Waals surface area (Å²) in [5.41, 5.74) is 1.57. The average Bonchev–Trinajstić information content (AvgIpc) is 2.13. The van der Waals surface area contributed by atoms with Crippen molar-refractivity contribution in [1.82, 2.24) is 5.48 Å². The lowest BCUT2D eigenvalue weighted by atomic mass is 10.3. The Morgan fingerprint density at radius 1 is 1.33 bits per heavy atom. The molecule has 0 fully saturated rings. The SMILES string of the molecule is N#CONC(=O)Nc1cc(F)cc(F)c1. The highest BCUT2D eigenvalue weighted by Crippen LogP contribution is 2.12. The Hall–Kier alpha value is -2.36. The Balaban J connectivity index is 2.65. The Kier molecular flexibility index (Phi) is 3.40. The van der Waals surface area contributed by atoms with E-state index in [1.165, 1.54) is 6.26 Å². The first-order valence-corrected chi connectivity index (χ1v) is 3.70. The zero-order valence-electron chi connectivity index (χ0n) is 7.25. The van der Waals surface area contributed by atoms with Gasteiger partial charge in [0.1, 0.15) is 11.6 Å².